The van der Waals surface area contributed by atoms with Gasteiger partial charge in [0, 0.05) is 0 Å². The highest BCUT2D eigenvalue weighted by Gasteiger charge is 2.21. The molecule has 1 fully saturated rings. The number of halogens is 2. The lowest BCUT2D eigenvalue weighted by Gasteiger charge is -2.11. The van der Waals surface area contributed by atoms with E-state index in [4.69, 9.17) is 14.6 Å². The smallest absolute Gasteiger partial charge is 0.189 e. The Kier molecular flexibility index (Phi) is 4.85. The normalized spacial score (nSPS) is 15.0. The van der Waals surface area contributed by atoms with E-state index in [1.807, 2.05) is 12.1 Å². The van der Waals surface area contributed by atoms with Crippen molar-refractivity contribution in [3.63, 3.8) is 0 Å². The first-order valence-corrected chi connectivity index (χ1v) is 7.08. The fourth-order valence-electron chi connectivity index (χ4n) is 1.44. The van der Waals surface area contributed by atoms with E-state index in [0.717, 1.165) is 27.0 Å². The van der Waals surface area contributed by atoms with E-state index in [2.05, 4.69) is 31.9 Å². The van der Waals surface area contributed by atoms with Crippen LogP contribution < -0.4 is 4.74 Å². The molecular weight excluding hydrogens is 352 g/mol. The molecule has 0 aromatic heterocycles. The number of hydrogen-bond acceptors (Lipinski definition) is 3. The molecule has 0 unspecified atom stereocenters. The highest BCUT2D eigenvalue weighted by atomic mass is 79.9. The van der Waals surface area contributed by atoms with Crippen molar-refractivity contribution in [1.29, 1.82) is 0 Å². The van der Waals surface area contributed by atoms with Gasteiger partial charge in [0.15, 0.2) is 12.5 Å². The molecule has 1 aliphatic rings. The van der Waals surface area contributed by atoms with Crippen molar-refractivity contribution in [2.75, 3.05) is 13.4 Å². The fourth-order valence-corrected chi connectivity index (χ4v) is 2.95. The summed E-state index contributed by atoms with van der Waals surface area (Å²) in [6.45, 7) is 1.05. The molecule has 17 heavy (non-hydrogen) atoms. The molecule has 5 heteroatoms. The molecule has 0 bridgehead atoms. The van der Waals surface area contributed by atoms with Crippen LogP contribution in [-0.2, 0) is 11.3 Å². The molecule has 1 N–H and O–H groups in total. The van der Waals surface area contributed by atoms with Gasteiger partial charge in [-0.15, -0.1) is 0 Å². The van der Waals surface area contributed by atoms with Crippen LogP contribution in [0.4, 0.5) is 0 Å². The number of aliphatic hydroxyl groups is 1. The van der Waals surface area contributed by atoms with Crippen LogP contribution >= 0.6 is 31.9 Å². The van der Waals surface area contributed by atoms with Gasteiger partial charge < -0.3 is 14.6 Å². The van der Waals surface area contributed by atoms with Gasteiger partial charge in [-0.3, -0.25) is 0 Å². The molecule has 0 spiro atoms. The lowest BCUT2D eigenvalue weighted by atomic mass is 10.2. The highest BCUT2D eigenvalue weighted by molar-refractivity contribution is 9.11. The topological polar surface area (TPSA) is 38.7 Å². The van der Waals surface area contributed by atoms with Crippen LogP contribution in [0.3, 0.4) is 0 Å². The highest BCUT2D eigenvalue weighted by Crippen LogP contribution is 2.35. The Morgan fingerprint density at radius 3 is 2.41 bits per heavy atom. The molecule has 0 radical (unpaired) electrons. The average Bonchev–Trinajstić information content (AvgIpc) is 3.10. The summed E-state index contributed by atoms with van der Waals surface area (Å²) in [5.74, 6) is 1.44. The first-order chi connectivity index (χ1) is 8.20. The zero-order chi connectivity index (χ0) is 12.3. The molecule has 1 aromatic carbocycles. The summed E-state index contributed by atoms with van der Waals surface area (Å²) >= 11 is 6.82. The van der Waals surface area contributed by atoms with Gasteiger partial charge in [-0.05, 0) is 68.3 Å². The van der Waals surface area contributed by atoms with Crippen LogP contribution in [0.15, 0.2) is 21.1 Å². The van der Waals surface area contributed by atoms with Gasteiger partial charge in [0.05, 0.1) is 22.2 Å². The third-order valence-corrected chi connectivity index (χ3v) is 3.76. The Bertz CT molecular complexity index is 368. The average molecular weight is 366 g/mol. The van der Waals surface area contributed by atoms with Gasteiger partial charge in [-0.1, -0.05) is 0 Å². The summed E-state index contributed by atoms with van der Waals surface area (Å²) in [6.07, 6.45) is 2.55. The molecular formula is C12H14Br2O3. The minimum atomic E-state index is 0.00958. The second-order valence-electron chi connectivity index (χ2n) is 4.12. The zero-order valence-electron chi connectivity index (χ0n) is 9.29. The van der Waals surface area contributed by atoms with Gasteiger partial charge in [-0.25, -0.2) is 0 Å². The van der Waals surface area contributed by atoms with E-state index in [9.17, 15) is 0 Å². The Labute approximate surface area is 117 Å². The lowest BCUT2D eigenvalue weighted by Crippen LogP contribution is -2.06. The lowest BCUT2D eigenvalue weighted by molar-refractivity contribution is 0.00912. The predicted octanol–water partition coefficient (Wildman–Crippen LogP) is 3.47. The van der Waals surface area contributed by atoms with Gasteiger partial charge >= 0.3 is 0 Å². The van der Waals surface area contributed by atoms with Crippen LogP contribution in [-0.4, -0.2) is 18.5 Å². The van der Waals surface area contributed by atoms with Crippen molar-refractivity contribution in [2.24, 2.45) is 5.92 Å². The van der Waals surface area contributed by atoms with Crippen molar-refractivity contribution in [1.82, 2.24) is 0 Å². The van der Waals surface area contributed by atoms with Crippen molar-refractivity contribution >= 4 is 31.9 Å². The van der Waals surface area contributed by atoms with Crippen molar-refractivity contribution < 1.29 is 14.6 Å². The Balaban J connectivity index is 1.89. The van der Waals surface area contributed by atoms with Crippen molar-refractivity contribution in [2.45, 2.75) is 19.4 Å². The minimum absolute atomic E-state index is 0.00958. The van der Waals surface area contributed by atoms with E-state index in [0.29, 0.717) is 5.75 Å². The van der Waals surface area contributed by atoms with E-state index in [1.54, 1.807) is 0 Å². The molecule has 0 saturated heterocycles. The van der Waals surface area contributed by atoms with Crippen LogP contribution in [0, 0.1) is 5.92 Å². The molecule has 0 heterocycles. The SMILES string of the molecule is OCc1cc(Br)c(OCOCC2CC2)c(Br)c1. The molecule has 3 nitrogen and oxygen atoms in total. The quantitative estimate of drug-likeness (QED) is 0.619. The monoisotopic (exact) mass is 364 g/mol. The largest absolute Gasteiger partial charge is 0.465 e. The maximum atomic E-state index is 9.05. The maximum Gasteiger partial charge on any atom is 0.189 e. The van der Waals surface area contributed by atoms with Gasteiger partial charge in [0.25, 0.3) is 0 Å². The number of ether oxygens (including phenoxy) is 2. The summed E-state index contributed by atoms with van der Waals surface area (Å²) in [6, 6.07) is 3.67. The third-order valence-electron chi connectivity index (χ3n) is 2.58. The number of hydrogen-bond donors (Lipinski definition) is 1. The predicted molar refractivity (Wildman–Crippen MR) is 71.9 cm³/mol. The summed E-state index contributed by atoms with van der Waals surface area (Å²) < 4.78 is 12.6. The summed E-state index contributed by atoms with van der Waals surface area (Å²) in [7, 11) is 0. The Morgan fingerprint density at radius 1 is 1.24 bits per heavy atom. The second kappa shape index (κ2) is 6.18. The zero-order valence-corrected chi connectivity index (χ0v) is 12.5. The molecule has 0 aliphatic heterocycles. The summed E-state index contributed by atoms with van der Waals surface area (Å²) in [5, 5.41) is 9.05. The molecule has 0 atom stereocenters. The first-order valence-electron chi connectivity index (χ1n) is 5.50. The Morgan fingerprint density at radius 2 is 1.88 bits per heavy atom. The van der Waals surface area contributed by atoms with Crippen LogP contribution in [0.5, 0.6) is 5.75 Å². The van der Waals surface area contributed by atoms with Crippen molar-refractivity contribution in [3.05, 3.63) is 26.6 Å². The molecule has 1 saturated carbocycles. The molecule has 1 aromatic rings. The fraction of sp³-hybridized carbons (Fsp3) is 0.500. The van der Waals surface area contributed by atoms with E-state index >= 15 is 0 Å². The van der Waals surface area contributed by atoms with Crippen molar-refractivity contribution in [3.8, 4) is 5.75 Å². The number of aliphatic hydroxyl groups excluding tert-OH is 1. The van der Waals surface area contributed by atoms with Crippen LogP contribution in [0.2, 0.25) is 0 Å². The first kappa shape index (κ1) is 13.3. The van der Waals surface area contributed by atoms with Gasteiger partial charge in [-0.2, -0.15) is 0 Å². The minimum Gasteiger partial charge on any atom is -0.465 e. The van der Waals surface area contributed by atoms with Crippen LogP contribution in [0.25, 0.3) is 0 Å². The maximum absolute atomic E-state index is 9.05. The second-order valence-corrected chi connectivity index (χ2v) is 5.83. The standard InChI is InChI=1S/C12H14Br2O3/c13-10-3-9(5-15)4-11(14)12(10)17-7-16-6-8-1-2-8/h3-4,8,15H,1-2,5-7H2. The van der Waals surface area contributed by atoms with E-state index < -0.39 is 0 Å². The molecule has 0 amide bonds. The van der Waals surface area contributed by atoms with Gasteiger partial charge in [0.1, 0.15) is 0 Å². The number of rotatable bonds is 6. The molecule has 94 valence electrons. The van der Waals surface area contributed by atoms with E-state index in [1.165, 1.54) is 12.8 Å². The molecule has 2 rings (SSSR count). The summed E-state index contributed by atoms with van der Waals surface area (Å²) in [4.78, 5) is 0. The van der Waals surface area contributed by atoms with E-state index in [-0.39, 0.29) is 13.4 Å². The van der Waals surface area contributed by atoms with Crippen LogP contribution in [0.1, 0.15) is 18.4 Å². The number of benzene rings is 1. The Hall–Kier alpha value is -0.100. The third kappa shape index (κ3) is 3.95. The molecule has 1 aliphatic carbocycles. The van der Waals surface area contributed by atoms with Gasteiger partial charge in [0.2, 0.25) is 0 Å². The summed E-state index contributed by atoms with van der Waals surface area (Å²) in [5.41, 5.74) is 0.829.